The van der Waals surface area contributed by atoms with Crippen LogP contribution in [0.4, 0.5) is 11.6 Å². The van der Waals surface area contributed by atoms with E-state index in [1.807, 2.05) is 24.3 Å². The zero-order valence-electron chi connectivity index (χ0n) is 16.2. The Hall–Kier alpha value is -3.62. The predicted molar refractivity (Wildman–Crippen MR) is 110 cm³/mol. The molecule has 9 nitrogen and oxygen atoms in total. The van der Waals surface area contributed by atoms with Crippen molar-refractivity contribution < 1.29 is 19.4 Å². The van der Waals surface area contributed by atoms with Crippen LogP contribution in [0.25, 0.3) is 10.8 Å². The number of carboxylic acids is 1. The summed E-state index contributed by atoms with van der Waals surface area (Å²) in [7, 11) is 0. The lowest BCUT2D eigenvalue weighted by atomic mass is 9.96. The quantitative estimate of drug-likeness (QED) is 0.670. The smallest absolute Gasteiger partial charge is 0.306 e. The summed E-state index contributed by atoms with van der Waals surface area (Å²) in [5.74, 6) is 1.53. The third-order valence-corrected chi connectivity index (χ3v) is 5.73. The first kappa shape index (κ1) is 18.4. The van der Waals surface area contributed by atoms with Crippen LogP contribution in [0.1, 0.15) is 24.1 Å². The van der Waals surface area contributed by atoms with E-state index >= 15 is 0 Å². The van der Waals surface area contributed by atoms with Crippen LogP contribution < -0.4 is 20.1 Å². The fraction of sp³-hybridized carbons (Fsp3) is 0.333. The Labute approximate surface area is 172 Å². The molecule has 9 heteroatoms. The molecule has 2 aliphatic heterocycles. The maximum Gasteiger partial charge on any atom is 0.306 e. The van der Waals surface area contributed by atoms with Gasteiger partial charge in [0.15, 0.2) is 17.3 Å². The molecule has 0 spiro atoms. The first-order valence-corrected chi connectivity index (χ1v) is 9.86. The van der Waals surface area contributed by atoms with Crippen molar-refractivity contribution in [1.82, 2.24) is 15.2 Å². The fourth-order valence-corrected chi connectivity index (χ4v) is 4.12. The Bertz CT molecular complexity index is 1130. The predicted octanol–water partition coefficient (Wildman–Crippen LogP) is 2.23. The highest BCUT2D eigenvalue weighted by atomic mass is 16.7. The average molecular weight is 407 g/mol. The molecule has 4 heterocycles. The third kappa shape index (κ3) is 3.22. The minimum Gasteiger partial charge on any atom is -0.481 e. The first-order chi connectivity index (χ1) is 14.6. The molecule has 1 fully saturated rings. The van der Waals surface area contributed by atoms with Crippen molar-refractivity contribution in [2.24, 2.45) is 5.92 Å². The zero-order chi connectivity index (χ0) is 20.7. The summed E-state index contributed by atoms with van der Waals surface area (Å²) in [5, 5.41) is 19.9. The number of aromatic nitrogens is 3. The second kappa shape index (κ2) is 7.33. The number of benzene rings is 1. The maximum atomic E-state index is 11.3. The molecule has 3 aromatic rings. The molecule has 1 saturated heterocycles. The van der Waals surface area contributed by atoms with Gasteiger partial charge in [-0.25, -0.2) is 4.98 Å². The van der Waals surface area contributed by atoms with Crippen molar-refractivity contribution >= 4 is 28.4 Å². The molecule has 0 aliphatic carbocycles. The molecule has 0 amide bonds. The van der Waals surface area contributed by atoms with Gasteiger partial charge in [-0.05, 0) is 36.6 Å². The maximum absolute atomic E-state index is 11.3. The molecule has 2 aliphatic rings. The SMILES string of the molecule is Nc1nccc2c(N3CCC(C(=O)O)CC3)nnc(Cc3ccc4c(c3)OCO4)c12. The Kier molecular flexibility index (Phi) is 4.50. The number of aliphatic carboxylic acids is 1. The van der Waals surface area contributed by atoms with Crippen molar-refractivity contribution in [1.29, 1.82) is 0 Å². The number of carbonyl (C=O) groups is 1. The van der Waals surface area contributed by atoms with Gasteiger partial charge < -0.3 is 25.2 Å². The van der Waals surface area contributed by atoms with Gasteiger partial charge in [0, 0.05) is 31.1 Å². The summed E-state index contributed by atoms with van der Waals surface area (Å²) in [6.45, 7) is 1.46. The topological polar surface area (TPSA) is 124 Å². The Balaban J connectivity index is 1.49. The van der Waals surface area contributed by atoms with Crippen molar-refractivity contribution in [3.05, 3.63) is 41.7 Å². The standard InChI is InChI=1S/C21H21N5O4/c22-19-18-14(3-6-23-19)20(26-7-4-13(5-8-26)21(27)28)25-24-15(18)9-12-1-2-16-17(10-12)30-11-29-16/h1-3,6,10,13H,4-5,7-9,11H2,(H2,22,23)(H,27,28). The molecule has 1 aromatic carbocycles. The number of fused-ring (bicyclic) bond motifs is 2. The molecule has 0 unspecified atom stereocenters. The molecule has 30 heavy (non-hydrogen) atoms. The van der Waals surface area contributed by atoms with Crippen LogP contribution in [0, 0.1) is 5.92 Å². The second-order valence-electron chi connectivity index (χ2n) is 7.55. The number of ether oxygens (including phenoxy) is 2. The largest absolute Gasteiger partial charge is 0.481 e. The molecular weight excluding hydrogens is 386 g/mol. The van der Waals surface area contributed by atoms with Crippen LogP contribution in [-0.2, 0) is 11.2 Å². The highest BCUT2D eigenvalue weighted by Crippen LogP contribution is 2.35. The lowest BCUT2D eigenvalue weighted by Gasteiger charge is -2.31. The summed E-state index contributed by atoms with van der Waals surface area (Å²) in [6, 6.07) is 7.68. The van der Waals surface area contributed by atoms with Crippen molar-refractivity contribution in [2.75, 3.05) is 30.5 Å². The number of nitrogens with zero attached hydrogens (tertiary/aromatic N) is 4. The zero-order valence-corrected chi connectivity index (χ0v) is 16.2. The van der Waals surface area contributed by atoms with E-state index in [1.165, 1.54) is 0 Å². The number of piperidine rings is 1. The summed E-state index contributed by atoms with van der Waals surface area (Å²) >= 11 is 0. The molecule has 0 radical (unpaired) electrons. The Morgan fingerprint density at radius 3 is 2.77 bits per heavy atom. The number of pyridine rings is 1. The van der Waals surface area contributed by atoms with Gasteiger partial charge in [-0.3, -0.25) is 4.79 Å². The van der Waals surface area contributed by atoms with Gasteiger partial charge >= 0.3 is 5.97 Å². The number of hydrogen-bond donors (Lipinski definition) is 2. The molecular formula is C21H21N5O4. The molecule has 3 N–H and O–H groups in total. The number of hydrogen-bond acceptors (Lipinski definition) is 8. The molecule has 0 bridgehead atoms. The summed E-state index contributed by atoms with van der Waals surface area (Å²) in [4.78, 5) is 17.6. The van der Waals surface area contributed by atoms with E-state index < -0.39 is 5.97 Å². The van der Waals surface area contributed by atoms with E-state index in [-0.39, 0.29) is 12.7 Å². The number of nitrogens with two attached hydrogens (primary N) is 1. The highest BCUT2D eigenvalue weighted by Gasteiger charge is 2.27. The van der Waals surface area contributed by atoms with E-state index in [1.54, 1.807) is 6.20 Å². The van der Waals surface area contributed by atoms with Crippen LogP contribution in [0.15, 0.2) is 30.5 Å². The first-order valence-electron chi connectivity index (χ1n) is 9.86. The van der Waals surface area contributed by atoms with Crippen molar-refractivity contribution in [3.8, 4) is 11.5 Å². The van der Waals surface area contributed by atoms with Crippen LogP contribution in [0.2, 0.25) is 0 Å². The summed E-state index contributed by atoms with van der Waals surface area (Å²) < 4.78 is 10.8. The molecule has 0 saturated carbocycles. The summed E-state index contributed by atoms with van der Waals surface area (Å²) in [5.41, 5.74) is 7.98. The van der Waals surface area contributed by atoms with Crippen LogP contribution in [0.3, 0.4) is 0 Å². The van der Waals surface area contributed by atoms with Gasteiger partial charge in [-0.1, -0.05) is 6.07 Å². The second-order valence-corrected chi connectivity index (χ2v) is 7.55. The van der Waals surface area contributed by atoms with E-state index in [0.29, 0.717) is 43.9 Å². The van der Waals surface area contributed by atoms with E-state index in [9.17, 15) is 9.90 Å². The lowest BCUT2D eigenvalue weighted by molar-refractivity contribution is -0.142. The highest BCUT2D eigenvalue weighted by molar-refractivity contribution is 5.99. The number of anilines is 2. The fourth-order valence-electron chi connectivity index (χ4n) is 4.12. The molecule has 5 rings (SSSR count). The third-order valence-electron chi connectivity index (χ3n) is 5.73. The lowest BCUT2D eigenvalue weighted by Crippen LogP contribution is -2.37. The van der Waals surface area contributed by atoms with Gasteiger partial charge in [0.25, 0.3) is 0 Å². The van der Waals surface area contributed by atoms with Crippen LogP contribution in [0.5, 0.6) is 11.5 Å². The van der Waals surface area contributed by atoms with Gasteiger partial charge in [0.2, 0.25) is 6.79 Å². The monoisotopic (exact) mass is 407 g/mol. The van der Waals surface area contributed by atoms with Gasteiger partial charge in [-0.15, -0.1) is 5.10 Å². The molecule has 0 atom stereocenters. The van der Waals surface area contributed by atoms with Gasteiger partial charge in [-0.2, -0.15) is 5.10 Å². The minimum absolute atomic E-state index is 0.228. The average Bonchev–Trinajstić information content (AvgIpc) is 3.22. The van der Waals surface area contributed by atoms with Gasteiger partial charge in [0.05, 0.1) is 17.0 Å². The van der Waals surface area contributed by atoms with Crippen LogP contribution in [-0.4, -0.2) is 46.1 Å². The molecule has 154 valence electrons. The van der Waals surface area contributed by atoms with Crippen molar-refractivity contribution in [3.63, 3.8) is 0 Å². The van der Waals surface area contributed by atoms with Crippen LogP contribution >= 0.6 is 0 Å². The Morgan fingerprint density at radius 1 is 1.17 bits per heavy atom. The Morgan fingerprint density at radius 2 is 1.97 bits per heavy atom. The number of nitrogen functional groups attached to an aromatic ring is 1. The number of rotatable bonds is 4. The molecule has 2 aromatic heterocycles. The normalized spacial score (nSPS) is 16.2. The summed E-state index contributed by atoms with van der Waals surface area (Å²) in [6.07, 6.45) is 3.35. The van der Waals surface area contributed by atoms with E-state index in [2.05, 4.69) is 20.1 Å². The van der Waals surface area contributed by atoms with Crippen molar-refractivity contribution in [2.45, 2.75) is 19.3 Å². The van der Waals surface area contributed by atoms with E-state index in [4.69, 9.17) is 15.2 Å². The minimum atomic E-state index is -0.738. The van der Waals surface area contributed by atoms with E-state index in [0.717, 1.165) is 33.6 Å². The number of carboxylic acid groups (broad SMARTS) is 1. The van der Waals surface area contributed by atoms with Gasteiger partial charge in [0.1, 0.15) is 5.82 Å².